The topological polar surface area (TPSA) is 59.0 Å². The van der Waals surface area contributed by atoms with Gasteiger partial charge in [0.05, 0.1) is 11.0 Å². The van der Waals surface area contributed by atoms with Gasteiger partial charge in [-0.05, 0) is 50.2 Å². The number of hydrogen-bond donors (Lipinski definition) is 2. The summed E-state index contributed by atoms with van der Waals surface area (Å²) in [6, 6.07) is 9.53. The molecule has 2 atom stereocenters. The van der Waals surface area contributed by atoms with Crippen molar-refractivity contribution in [1.29, 1.82) is 0 Å². The number of carbonyl (C=O) groups is 1. The van der Waals surface area contributed by atoms with Crippen LogP contribution in [0.25, 0.3) is 11.0 Å². The Hall–Kier alpha value is -1.30. The van der Waals surface area contributed by atoms with E-state index in [9.17, 15) is 4.79 Å². The van der Waals surface area contributed by atoms with Crippen LogP contribution < -0.4 is 10.6 Å². The SMILES string of the molecule is Cl.Cl.Cn1c(CCCNC(=O)CC2CC3CCC(C2)N3)nc2ccccc21. The highest BCUT2D eigenvalue weighted by molar-refractivity contribution is 5.85. The fourth-order valence-corrected chi connectivity index (χ4v) is 4.57. The number of rotatable bonds is 6. The normalized spacial score (nSPS) is 23.5. The van der Waals surface area contributed by atoms with Crippen molar-refractivity contribution in [2.24, 2.45) is 13.0 Å². The van der Waals surface area contributed by atoms with Crippen LogP contribution in [0.4, 0.5) is 0 Å². The summed E-state index contributed by atoms with van der Waals surface area (Å²) in [6.07, 6.45) is 7.44. The van der Waals surface area contributed by atoms with Gasteiger partial charge >= 0.3 is 0 Å². The number of para-hydroxylation sites is 2. The summed E-state index contributed by atoms with van der Waals surface area (Å²) in [5.74, 6) is 1.88. The summed E-state index contributed by atoms with van der Waals surface area (Å²) < 4.78 is 2.15. The maximum absolute atomic E-state index is 12.2. The summed E-state index contributed by atoms with van der Waals surface area (Å²) in [7, 11) is 2.06. The lowest BCUT2D eigenvalue weighted by molar-refractivity contribution is -0.122. The minimum Gasteiger partial charge on any atom is -0.356 e. The molecule has 0 radical (unpaired) electrons. The third kappa shape index (κ3) is 5.15. The summed E-state index contributed by atoms with van der Waals surface area (Å²) in [4.78, 5) is 16.9. The van der Waals surface area contributed by atoms with Crippen LogP contribution >= 0.6 is 24.8 Å². The standard InChI is InChI=1S/C20H28N4O.2ClH/c1-24-18-6-3-2-5-17(18)23-19(24)7-4-10-21-20(25)13-14-11-15-8-9-16(12-14)22-15;;/h2-3,5-6,14-16,22H,4,7-13H2,1H3,(H,21,25);2*1H. The summed E-state index contributed by atoms with van der Waals surface area (Å²) in [5.41, 5.74) is 2.21. The van der Waals surface area contributed by atoms with Crippen LogP contribution in [-0.4, -0.2) is 34.1 Å². The van der Waals surface area contributed by atoms with E-state index in [4.69, 9.17) is 0 Å². The smallest absolute Gasteiger partial charge is 0.220 e. The van der Waals surface area contributed by atoms with E-state index in [0.29, 0.717) is 24.4 Å². The predicted molar refractivity (Wildman–Crippen MR) is 114 cm³/mol. The van der Waals surface area contributed by atoms with Crippen LogP contribution in [0.2, 0.25) is 0 Å². The Morgan fingerprint density at radius 1 is 1.22 bits per heavy atom. The van der Waals surface area contributed by atoms with Crippen LogP contribution in [0.15, 0.2) is 24.3 Å². The first-order valence-corrected chi connectivity index (χ1v) is 9.62. The third-order valence-corrected chi connectivity index (χ3v) is 5.82. The van der Waals surface area contributed by atoms with Gasteiger partial charge in [0.2, 0.25) is 5.91 Å². The first kappa shape index (κ1) is 22.0. The van der Waals surface area contributed by atoms with Crippen molar-refractivity contribution in [3.8, 4) is 0 Å². The highest BCUT2D eigenvalue weighted by Crippen LogP contribution is 2.32. The van der Waals surface area contributed by atoms with Gasteiger partial charge in [-0.1, -0.05) is 12.1 Å². The van der Waals surface area contributed by atoms with E-state index in [-0.39, 0.29) is 30.7 Å². The number of aryl methyl sites for hydroxylation is 2. The van der Waals surface area contributed by atoms with E-state index in [0.717, 1.165) is 30.7 Å². The summed E-state index contributed by atoms with van der Waals surface area (Å²) in [6.45, 7) is 0.736. The first-order chi connectivity index (χ1) is 12.2. The minimum atomic E-state index is 0. The quantitative estimate of drug-likeness (QED) is 0.714. The Morgan fingerprint density at radius 3 is 2.63 bits per heavy atom. The molecule has 1 amide bonds. The Morgan fingerprint density at radius 2 is 1.93 bits per heavy atom. The Balaban J connectivity index is 0.00000131. The number of hydrogen-bond acceptors (Lipinski definition) is 3. The van der Waals surface area contributed by atoms with Crippen LogP contribution in [0.5, 0.6) is 0 Å². The second-order valence-corrected chi connectivity index (χ2v) is 7.71. The molecule has 1 aromatic carbocycles. The molecule has 27 heavy (non-hydrogen) atoms. The number of halogens is 2. The molecule has 2 fully saturated rings. The van der Waals surface area contributed by atoms with Crippen LogP contribution in [0.3, 0.4) is 0 Å². The van der Waals surface area contributed by atoms with Crippen molar-refractivity contribution >= 4 is 41.8 Å². The van der Waals surface area contributed by atoms with E-state index in [1.54, 1.807) is 0 Å². The maximum atomic E-state index is 12.2. The number of fused-ring (bicyclic) bond motifs is 3. The number of imidazole rings is 1. The number of nitrogens with zero attached hydrogens (tertiary/aromatic N) is 2. The number of aromatic nitrogens is 2. The largest absolute Gasteiger partial charge is 0.356 e. The Kier molecular flexibility index (Phi) is 7.95. The van der Waals surface area contributed by atoms with Gasteiger partial charge < -0.3 is 15.2 Å². The molecule has 0 saturated carbocycles. The monoisotopic (exact) mass is 412 g/mol. The molecule has 5 nitrogen and oxygen atoms in total. The molecule has 2 saturated heterocycles. The van der Waals surface area contributed by atoms with Crippen molar-refractivity contribution in [3.63, 3.8) is 0 Å². The van der Waals surface area contributed by atoms with Crippen molar-refractivity contribution in [2.45, 2.75) is 57.0 Å². The number of nitrogens with one attached hydrogen (secondary N) is 2. The molecule has 3 heterocycles. The minimum absolute atomic E-state index is 0. The van der Waals surface area contributed by atoms with E-state index in [1.807, 2.05) is 18.2 Å². The molecular weight excluding hydrogens is 383 g/mol. The molecule has 2 aliphatic heterocycles. The molecule has 2 N–H and O–H groups in total. The van der Waals surface area contributed by atoms with E-state index in [2.05, 4.69) is 33.3 Å². The van der Waals surface area contributed by atoms with Gasteiger partial charge in [0, 0.05) is 38.5 Å². The first-order valence-electron chi connectivity index (χ1n) is 9.62. The molecule has 150 valence electrons. The van der Waals surface area contributed by atoms with E-state index < -0.39 is 0 Å². The van der Waals surface area contributed by atoms with Crippen molar-refractivity contribution in [2.75, 3.05) is 6.54 Å². The lowest BCUT2D eigenvalue weighted by Crippen LogP contribution is -2.39. The molecule has 2 aromatic rings. The second-order valence-electron chi connectivity index (χ2n) is 7.71. The summed E-state index contributed by atoms with van der Waals surface area (Å²) in [5, 5.41) is 6.75. The molecule has 7 heteroatoms. The molecule has 0 spiro atoms. The van der Waals surface area contributed by atoms with Gasteiger partial charge in [-0.2, -0.15) is 0 Å². The van der Waals surface area contributed by atoms with Gasteiger partial charge in [0.25, 0.3) is 0 Å². The highest BCUT2D eigenvalue weighted by Gasteiger charge is 2.34. The molecule has 2 unspecified atom stereocenters. The Bertz CT molecular complexity index is 752. The lowest BCUT2D eigenvalue weighted by atomic mass is 9.89. The van der Waals surface area contributed by atoms with Crippen LogP contribution in [0, 0.1) is 5.92 Å². The molecule has 2 bridgehead atoms. The van der Waals surface area contributed by atoms with E-state index >= 15 is 0 Å². The van der Waals surface area contributed by atoms with Crippen molar-refractivity contribution in [3.05, 3.63) is 30.1 Å². The zero-order valence-electron chi connectivity index (χ0n) is 15.8. The predicted octanol–water partition coefficient (Wildman–Crippen LogP) is 3.39. The van der Waals surface area contributed by atoms with Gasteiger partial charge in [0.15, 0.2) is 0 Å². The van der Waals surface area contributed by atoms with Gasteiger partial charge in [0.1, 0.15) is 5.82 Å². The lowest BCUT2D eigenvalue weighted by Gasteiger charge is -2.28. The maximum Gasteiger partial charge on any atom is 0.220 e. The van der Waals surface area contributed by atoms with Crippen LogP contribution in [0.1, 0.15) is 44.3 Å². The van der Waals surface area contributed by atoms with E-state index in [1.165, 1.54) is 31.2 Å². The van der Waals surface area contributed by atoms with Gasteiger partial charge in [-0.25, -0.2) is 4.98 Å². The van der Waals surface area contributed by atoms with Gasteiger partial charge in [-0.15, -0.1) is 24.8 Å². The molecule has 1 aromatic heterocycles. The van der Waals surface area contributed by atoms with Crippen molar-refractivity contribution in [1.82, 2.24) is 20.2 Å². The number of piperidine rings is 1. The fraction of sp³-hybridized carbons (Fsp3) is 0.600. The van der Waals surface area contributed by atoms with Gasteiger partial charge in [-0.3, -0.25) is 4.79 Å². The average Bonchev–Trinajstić information content (AvgIpc) is 3.11. The van der Waals surface area contributed by atoms with Crippen LogP contribution in [-0.2, 0) is 18.3 Å². The highest BCUT2D eigenvalue weighted by atomic mass is 35.5. The third-order valence-electron chi connectivity index (χ3n) is 5.82. The molecule has 2 aliphatic rings. The molecule has 4 rings (SSSR count). The fourth-order valence-electron chi connectivity index (χ4n) is 4.57. The summed E-state index contributed by atoms with van der Waals surface area (Å²) >= 11 is 0. The number of carbonyl (C=O) groups excluding carboxylic acids is 1. The second kappa shape index (κ2) is 9.76. The number of amides is 1. The molecule has 0 aliphatic carbocycles. The average molecular weight is 413 g/mol. The Labute approximate surface area is 173 Å². The molecular formula is C20H30Cl2N4O. The zero-order chi connectivity index (χ0) is 17.2. The number of benzene rings is 1. The van der Waals surface area contributed by atoms with Crippen molar-refractivity contribution < 1.29 is 4.79 Å². The zero-order valence-corrected chi connectivity index (χ0v) is 17.5.